The zero-order valence-electron chi connectivity index (χ0n) is 23.5. The summed E-state index contributed by atoms with van der Waals surface area (Å²) in [6, 6.07) is 0. The van der Waals surface area contributed by atoms with Crippen molar-refractivity contribution in [1.29, 1.82) is 0 Å². The number of carboxylic acids is 1. The normalized spacial score (nSPS) is 49.1. The maximum absolute atomic E-state index is 12.6. The maximum Gasteiger partial charge on any atom is 0.306 e. The fourth-order valence-electron chi connectivity index (χ4n) is 10.3. The van der Waals surface area contributed by atoms with Crippen LogP contribution in [0.15, 0.2) is 0 Å². The third-order valence-electron chi connectivity index (χ3n) is 12.1. The van der Waals surface area contributed by atoms with Crippen molar-refractivity contribution in [3.63, 3.8) is 0 Å². The molecule has 4 saturated carbocycles. The molecule has 6 nitrogen and oxygen atoms in total. The molecule has 6 heteroatoms. The van der Waals surface area contributed by atoms with Gasteiger partial charge in [0.25, 0.3) is 0 Å². The second-order valence-corrected chi connectivity index (χ2v) is 14.2. The van der Waals surface area contributed by atoms with Crippen LogP contribution in [0.2, 0.25) is 0 Å². The van der Waals surface area contributed by atoms with E-state index in [1.165, 1.54) is 6.92 Å². The van der Waals surface area contributed by atoms with E-state index in [9.17, 15) is 24.9 Å². The lowest BCUT2D eigenvalue weighted by atomic mass is 9.36. The van der Waals surface area contributed by atoms with Crippen LogP contribution in [0.3, 0.4) is 0 Å². The Morgan fingerprint density at radius 3 is 2.22 bits per heavy atom. The average molecular weight is 507 g/mol. The number of ether oxygens (including phenoxy) is 1. The third kappa shape index (κ3) is 4.13. The van der Waals surface area contributed by atoms with E-state index in [1.807, 2.05) is 0 Å². The monoisotopic (exact) mass is 506 g/mol. The van der Waals surface area contributed by atoms with E-state index in [-0.39, 0.29) is 52.0 Å². The predicted molar refractivity (Wildman–Crippen MR) is 138 cm³/mol. The van der Waals surface area contributed by atoms with Crippen LogP contribution in [0, 0.1) is 57.7 Å². The van der Waals surface area contributed by atoms with Gasteiger partial charge in [-0.15, -0.1) is 0 Å². The molecule has 0 spiro atoms. The first-order chi connectivity index (χ1) is 16.7. The molecule has 36 heavy (non-hydrogen) atoms. The number of aliphatic hydroxyl groups excluding tert-OH is 2. The van der Waals surface area contributed by atoms with Crippen molar-refractivity contribution in [3.8, 4) is 0 Å². The molecule has 0 amide bonds. The summed E-state index contributed by atoms with van der Waals surface area (Å²) in [6.07, 6.45) is 4.98. The van der Waals surface area contributed by atoms with Crippen molar-refractivity contribution >= 4 is 11.9 Å². The van der Waals surface area contributed by atoms with Gasteiger partial charge < -0.3 is 20.1 Å². The zero-order chi connectivity index (χ0) is 26.8. The quantitative estimate of drug-likeness (QED) is 0.423. The molecule has 4 fully saturated rings. The summed E-state index contributed by atoms with van der Waals surface area (Å²) in [5.41, 5.74) is -0.505. The van der Waals surface area contributed by atoms with Gasteiger partial charge in [-0.2, -0.15) is 0 Å². The number of esters is 1. The van der Waals surface area contributed by atoms with E-state index < -0.39 is 24.1 Å². The van der Waals surface area contributed by atoms with E-state index >= 15 is 0 Å². The molecule has 0 aromatic rings. The van der Waals surface area contributed by atoms with E-state index in [0.29, 0.717) is 31.1 Å². The van der Waals surface area contributed by atoms with Gasteiger partial charge >= 0.3 is 11.9 Å². The van der Waals surface area contributed by atoms with Crippen LogP contribution in [0.25, 0.3) is 0 Å². The molecular weight excluding hydrogens is 456 g/mol. The van der Waals surface area contributed by atoms with Gasteiger partial charge in [-0.1, -0.05) is 48.0 Å². The second kappa shape index (κ2) is 9.55. The Hall–Kier alpha value is -1.14. The van der Waals surface area contributed by atoms with Gasteiger partial charge in [0, 0.05) is 12.8 Å². The molecule has 4 aliphatic carbocycles. The fourth-order valence-corrected chi connectivity index (χ4v) is 10.3. The number of hydrogen-bond donors (Lipinski definition) is 3. The molecule has 0 heterocycles. The molecular formula is C30H50O6. The molecule has 3 N–H and O–H groups in total. The summed E-state index contributed by atoms with van der Waals surface area (Å²) in [4.78, 5) is 24.8. The highest BCUT2D eigenvalue weighted by Crippen LogP contribution is 2.74. The summed E-state index contributed by atoms with van der Waals surface area (Å²) >= 11 is 0. The maximum atomic E-state index is 12.6. The van der Waals surface area contributed by atoms with Gasteiger partial charge in [-0.05, 0) is 90.8 Å². The van der Waals surface area contributed by atoms with Gasteiger partial charge in [0.05, 0.1) is 18.1 Å². The van der Waals surface area contributed by atoms with Crippen molar-refractivity contribution in [2.45, 2.75) is 118 Å². The minimum atomic E-state index is -0.811. The van der Waals surface area contributed by atoms with Gasteiger partial charge in [-0.3, -0.25) is 9.59 Å². The Bertz CT molecular complexity index is 856. The highest BCUT2D eigenvalue weighted by Gasteiger charge is 2.72. The summed E-state index contributed by atoms with van der Waals surface area (Å²) in [6.45, 7) is 14.8. The summed E-state index contributed by atoms with van der Waals surface area (Å²) in [5, 5.41) is 32.9. The van der Waals surface area contributed by atoms with Crippen LogP contribution in [-0.2, 0) is 14.3 Å². The molecule has 4 aliphatic rings. The number of rotatable bonds is 6. The molecule has 3 unspecified atom stereocenters. The van der Waals surface area contributed by atoms with Crippen LogP contribution < -0.4 is 0 Å². The lowest BCUT2D eigenvalue weighted by Crippen LogP contribution is -2.66. The largest absolute Gasteiger partial charge is 0.481 e. The van der Waals surface area contributed by atoms with Gasteiger partial charge in [0.2, 0.25) is 0 Å². The van der Waals surface area contributed by atoms with Crippen molar-refractivity contribution < 1.29 is 29.6 Å². The molecule has 12 atom stereocenters. The highest BCUT2D eigenvalue weighted by atomic mass is 16.5. The topological polar surface area (TPSA) is 104 Å². The predicted octanol–water partition coefficient (Wildman–Crippen LogP) is 5.29. The Morgan fingerprint density at radius 1 is 0.972 bits per heavy atom. The molecule has 0 bridgehead atoms. The zero-order valence-corrected chi connectivity index (χ0v) is 23.5. The van der Waals surface area contributed by atoms with Crippen molar-refractivity contribution in [1.82, 2.24) is 0 Å². The Labute approximate surface area is 217 Å². The molecule has 206 valence electrons. The third-order valence-corrected chi connectivity index (χ3v) is 12.1. The molecule has 0 saturated heterocycles. The van der Waals surface area contributed by atoms with E-state index in [1.54, 1.807) is 0 Å². The molecule has 0 aromatic heterocycles. The standard InChI is InChI=1S/C30H50O6/c1-16(2)8-9-19(27(34)35)25-21-14-23(33)26-28(5)12-11-22(32)17(3)20(28)10-13-29(26,6)30(21,7)15-24(25)36-18(4)31/h16-17,19-26,32-33H,8-15H2,1-7H3,(H,34,35)/t17-,19+,20?,21?,22+,23+,24-,25+,26?,28-,29-,30-/m0/s1. The first-order valence-corrected chi connectivity index (χ1v) is 14.4. The van der Waals surface area contributed by atoms with E-state index in [2.05, 4.69) is 41.5 Å². The minimum Gasteiger partial charge on any atom is -0.481 e. The SMILES string of the molecule is CC(=O)O[C@H]1C[C@@]2(C)C(C[C@@H](O)C3[C@@]4(C)CC[C@@H](O)[C@@H](C)C4CC[C@@]32C)[C@H]1[C@@H](CCC(C)C)C(=O)O. The number of aliphatic hydroxyl groups is 2. The molecule has 4 rings (SSSR count). The fraction of sp³-hybridized carbons (Fsp3) is 0.933. The van der Waals surface area contributed by atoms with Crippen molar-refractivity contribution in [2.24, 2.45) is 57.7 Å². The second-order valence-electron chi connectivity index (χ2n) is 14.2. The Morgan fingerprint density at radius 2 is 1.64 bits per heavy atom. The number of carboxylic acid groups (broad SMARTS) is 1. The first-order valence-electron chi connectivity index (χ1n) is 14.4. The first kappa shape index (κ1) is 27.9. The lowest BCUT2D eigenvalue weighted by molar-refractivity contribution is -0.240. The number of fused-ring (bicyclic) bond motifs is 5. The van der Waals surface area contributed by atoms with Crippen LogP contribution in [0.1, 0.15) is 99.8 Å². The summed E-state index contributed by atoms with van der Waals surface area (Å²) in [5.74, 6) is -1.01. The van der Waals surface area contributed by atoms with Gasteiger partial charge in [0.15, 0.2) is 0 Å². The summed E-state index contributed by atoms with van der Waals surface area (Å²) in [7, 11) is 0. The number of hydrogen-bond acceptors (Lipinski definition) is 5. The van der Waals surface area contributed by atoms with Gasteiger partial charge in [0.1, 0.15) is 6.10 Å². The summed E-state index contributed by atoms with van der Waals surface area (Å²) < 4.78 is 5.92. The number of carbonyl (C=O) groups is 2. The minimum absolute atomic E-state index is 0.0156. The average Bonchev–Trinajstić information content (AvgIpc) is 3.03. The number of carbonyl (C=O) groups excluding carboxylic acids is 1. The Kier molecular flexibility index (Phi) is 7.40. The highest BCUT2D eigenvalue weighted by molar-refractivity contribution is 5.71. The van der Waals surface area contributed by atoms with E-state index in [0.717, 1.165) is 32.1 Å². The molecule has 0 aliphatic heterocycles. The Balaban J connectivity index is 1.76. The molecule has 0 radical (unpaired) electrons. The smallest absolute Gasteiger partial charge is 0.306 e. The van der Waals surface area contributed by atoms with Crippen LogP contribution in [-0.4, -0.2) is 45.6 Å². The van der Waals surface area contributed by atoms with Crippen LogP contribution in [0.4, 0.5) is 0 Å². The number of aliphatic carboxylic acids is 1. The van der Waals surface area contributed by atoms with Crippen LogP contribution >= 0.6 is 0 Å². The van der Waals surface area contributed by atoms with Crippen LogP contribution in [0.5, 0.6) is 0 Å². The van der Waals surface area contributed by atoms with Crippen molar-refractivity contribution in [3.05, 3.63) is 0 Å². The van der Waals surface area contributed by atoms with Gasteiger partial charge in [-0.25, -0.2) is 0 Å². The molecule has 0 aromatic carbocycles. The van der Waals surface area contributed by atoms with Crippen molar-refractivity contribution in [2.75, 3.05) is 0 Å². The van der Waals surface area contributed by atoms with E-state index in [4.69, 9.17) is 4.74 Å². The lowest BCUT2D eigenvalue weighted by Gasteiger charge is -2.69.